The number of anilines is 1. The van der Waals surface area contributed by atoms with E-state index in [-0.39, 0.29) is 0 Å². The Hall–Kier alpha value is -0.870. The van der Waals surface area contributed by atoms with Crippen LogP contribution < -0.4 is 5.32 Å². The molecule has 0 aliphatic heterocycles. The number of aromatic nitrogens is 1. The molecule has 0 aliphatic rings. The summed E-state index contributed by atoms with van der Waals surface area (Å²) in [5, 5.41) is 3.35. The standard InChI is InChI=1S/C13H12Br2N2/c1-9-7-10(5-6-12(9)14)16-8-11-3-2-4-13(15)17-11/h2-7,16H,8H2,1H3. The smallest absolute Gasteiger partial charge is 0.106 e. The van der Waals surface area contributed by atoms with Crippen LogP contribution in [0, 0.1) is 6.92 Å². The average Bonchev–Trinajstić information content (AvgIpc) is 2.31. The lowest BCUT2D eigenvalue weighted by molar-refractivity contribution is 1.03. The Morgan fingerprint density at radius 3 is 2.71 bits per heavy atom. The van der Waals surface area contributed by atoms with Crippen LogP contribution in [0.25, 0.3) is 0 Å². The maximum atomic E-state index is 4.37. The quantitative estimate of drug-likeness (QED) is 0.818. The molecule has 0 radical (unpaired) electrons. The van der Waals surface area contributed by atoms with E-state index in [4.69, 9.17) is 0 Å². The van der Waals surface area contributed by atoms with Crippen LogP contribution in [-0.2, 0) is 6.54 Å². The number of rotatable bonds is 3. The summed E-state index contributed by atoms with van der Waals surface area (Å²) in [6.45, 7) is 2.80. The van der Waals surface area contributed by atoms with Gasteiger partial charge in [0, 0.05) is 10.2 Å². The van der Waals surface area contributed by atoms with Crippen molar-refractivity contribution in [3.63, 3.8) is 0 Å². The monoisotopic (exact) mass is 354 g/mol. The van der Waals surface area contributed by atoms with Crippen LogP contribution in [0.3, 0.4) is 0 Å². The summed E-state index contributed by atoms with van der Waals surface area (Å²) in [7, 11) is 0. The van der Waals surface area contributed by atoms with Crippen LogP contribution in [0.2, 0.25) is 0 Å². The minimum absolute atomic E-state index is 0.723. The van der Waals surface area contributed by atoms with Gasteiger partial charge in [-0.2, -0.15) is 0 Å². The van der Waals surface area contributed by atoms with Gasteiger partial charge in [-0.1, -0.05) is 22.0 Å². The molecule has 2 aromatic rings. The fourth-order valence-electron chi connectivity index (χ4n) is 1.50. The average molecular weight is 356 g/mol. The SMILES string of the molecule is Cc1cc(NCc2cccc(Br)n2)ccc1Br. The summed E-state index contributed by atoms with van der Waals surface area (Å²) in [5.41, 5.74) is 3.34. The Balaban J connectivity index is 2.05. The van der Waals surface area contributed by atoms with Crippen LogP contribution in [0.4, 0.5) is 5.69 Å². The molecular weight excluding hydrogens is 344 g/mol. The second-order valence-corrected chi connectivity index (χ2v) is 5.44. The van der Waals surface area contributed by atoms with E-state index in [9.17, 15) is 0 Å². The fraction of sp³-hybridized carbons (Fsp3) is 0.154. The molecule has 0 saturated carbocycles. The minimum Gasteiger partial charge on any atom is -0.379 e. The zero-order valence-electron chi connectivity index (χ0n) is 9.37. The first kappa shape index (κ1) is 12.6. The number of benzene rings is 1. The zero-order chi connectivity index (χ0) is 12.3. The van der Waals surface area contributed by atoms with Gasteiger partial charge in [0.15, 0.2) is 0 Å². The van der Waals surface area contributed by atoms with E-state index in [0.717, 1.165) is 27.0 Å². The molecule has 1 N–H and O–H groups in total. The summed E-state index contributed by atoms with van der Waals surface area (Å²) < 4.78 is 1.99. The zero-order valence-corrected chi connectivity index (χ0v) is 12.5. The minimum atomic E-state index is 0.723. The lowest BCUT2D eigenvalue weighted by atomic mass is 10.2. The highest BCUT2D eigenvalue weighted by atomic mass is 79.9. The number of halogens is 2. The molecule has 0 unspecified atom stereocenters. The van der Waals surface area contributed by atoms with Crippen molar-refractivity contribution in [1.29, 1.82) is 0 Å². The highest BCUT2D eigenvalue weighted by Gasteiger charge is 1.99. The van der Waals surface area contributed by atoms with Crippen LogP contribution in [0.5, 0.6) is 0 Å². The van der Waals surface area contributed by atoms with Gasteiger partial charge in [-0.25, -0.2) is 4.98 Å². The van der Waals surface area contributed by atoms with Crippen LogP contribution >= 0.6 is 31.9 Å². The van der Waals surface area contributed by atoms with Gasteiger partial charge in [-0.15, -0.1) is 0 Å². The molecule has 4 heteroatoms. The summed E-state index contributed by atoms with van der Waals surface area (Å²) in [4.78, 5) is 4.37. The van der Waals surface area contributed by atoms with Crippen LogP contribution in [0.15, 0.2) is 45.5 Å². The van der Waals surface area contributed by atoms with Crippen molar-refractivity contribution in [1.82, 2.24) is 4.98 Å². The van der Waals surface area contributed by atoms with Crippen molar-refractivity contribution in [2.45, 2.75) is 13.5 Å². The van der Waals surface area contributed by atoms with Crippen molar-refractivity contribution < 1.29 is 0 Å². The van der Waals surface area contributed by atoms with E-state index >= 15 is 0 Å². The van der Waals surface area contributed by atoms with Crippen molar-refractivity contribution in [2.24, 2.45) is 0 Å². The van der Waals surface area contributed by atoms with Crippen molar-refractivity contribution in [3.8, 4) is 0 Å². The number of nitrogens with zero attached hydrogens (tertiary/aromatic N) is 1. The summed E-state index contributed by atoms with van der Waals surface area (Å²) in [6.07, 6.45) is 0. The van der Waals surface area contributed by atoms with Gasteiger partial charge in [0.05, 0.1) is 12.2 Å². The highest BCUT2D eigenvalue weighted by molar-refractivity contribution is 9.10. The van der Waals surface area contributed by atoms with Gasteiger partial charge in [0.25, 0.3) is 0 Å². The molecule has 0 saturated heterocycles. The predicted octanol–water partition coefficient (Wildman–Crippen LogP) is 4.53. The summed E-state index contributed by atoms with van der Waals surface area (Å²) in [5.74, 6) is 0. The maximum absolute atomic E-state index is 4.37. The molecule has 17 heavy (non-hydrogen) atoms. The second kappa shape index (κ2) is 5.65. The first-order valence-corrected chi connectivity index (χ1v) is 6.85. The van der Waals surface area contributed by atoms with Gasteiger partial charge in [0.1, 0.15) is 4.60 Å². The maximum Gasteiger partial charge on any atom is 0.106 e. The van der Waals surface area contributed by atoms with Gasteiger partial charge < -0.3 is 5.32 Å². The van der Waals surface area contributed by atoms with Gasteiger partial charge in [-0.05, 0) is 58.7 Å². The van der Waals surface area contributed by atoms with Crippen LogP contribution in [-0.4, -0.2) is 4.98 Å². The Kier molecular flexibility index (Phi) is 4.18. The fourth-order valence-corrected chi connectivity index (χ4v) is 2.12. The molecular formula is C13H12Br2N2. The van der Waals surface area contributed by atoms with Gasteiger partial charge in [-0.3, -0.25) is 0 Å². The van der Waals surface area contributed by atoms with E-state index < -0.39 is 0 Å². The molecule has 0 spiro atoms. The number of nitrogens with one attached hydrogen (secondary N) is 1. The highest BCUT2D eigenvalue weighted by Crippen LogP contribution is 2.20. The van der Waals surface area contributed by atoms with E-state index in [1.807, 2.05) is 24.3 Å². The topological polar surface area (TPSA) is 24.9 Å². The molecule has 0 amide bonds. The molecule has 88 valence electrons. The molecule has 1 aromatic carbocycles. The molecule has 1 aromatic heterocycles. The third-order valence-corrected chi connectivity index (χ3v) is 3.74. The Morgan fingerprint density at radius 2 is 2.00 bits per heavy atom. The molecule has 0 atom stereocenters. The third-order valence-electron chi connectivity index (χ3n) is 2.40. The first-order valence-electron chi connectivity index (χ1n) is 5.26. The number of pyridine rings is 1. The number of hydrogen-bond acceptors (Lipinski definition) is 2. The first-order chi connectivity index (χ1) is 8.15. The van der Waals surface area contributed by atoms with Gasteiger partial charge >= 0.3 is 0 Å². The largest absolute Gasteiger partial charge is 0.379 e. The van der Waals surface area contributed by atoms with E-state index in [1.165, 1.54) is 5.56 Å². The Labute approximate surface area is 118 Å². The molecule has 2 rings (SSSR count). The normalized spacial score (nSPS) is 10.3. The van der Waals surface area contributed by atoms with Crippen molar-refractivity contribution in [2.75, 3.05) is 5.32 Å². The van der Waals surface area contributed by atoms with E-state index in [1.54, 1.807) is 0 Å². The Bertz CT molecular complexity index is 527. The summed E-state index contributed by atoms with van der Waals surface area (Å²) in [6, 6.07) is 12.1. The number of aryl methyl sites for hydroxylation is 1. The lowest BCUT2D eigenvalue weighted by Crippen LogP contribution is -2.01. The van der Waals surface area contributed by atoms with E-state index in [2.05, 4.69) is 61.2 Å². The molecule has 0 aliphatic carbocycles. The van der Waals surface area contributed by atoms with E-state index in [0.29, 0.717) is 0 Å². The summed E-state index contributed by atoms with van der Waals surface area (Å²) >= 11 is 6.85. The predicted molar refractivity (Wildman–Crippen MR) is 78.1 cm³/mol. The molecule has 1 heterocycles. The van der Waals surface area contributed by atoms with Crippen molar-refractivity contribution >= 4 is 37.5 Å². The Morgan fingerprint density at radius 1 is 1.18 bits per heavy atom. The third kappa shape index (κ3) is 3.54. The molecule has 0 fully saturated rings. The van der Waals surface area contributed by atoms with Crippen LogP contribution in [0.1, 0.15) is 11.3 Å². The number of hydrogen-bond donors (Lipinski definition) is 1. The second-order valence-electron chi connectivity index (χ2n) is 3.77. The lowest BCUT2D eigenvalue weighted by Gasteiger charge is -2.08. The molecule has 2 nitrogen and oxygen atoms in total. The molecule has 0 bridgehead atoms. The van der Waals surface area contributed by atoms with Crippen molar-refractivity contribution in [3.05, 3.63) is 56.7 Å². The van der Waals surface area contributed by atoms with Gasteiger partial charge in [0.2, 0.25) is 0 Å².